The molecule has 2 N–H and O–H groups in total. The smallest absolute Gasteiger partial charge is 0.326 e. The summed E-state index contributed by atoms with van der Waals surface area (Å²) in [6.45, 7) is 4.25. The lowest BCUT2D eigenvalue weighted by Crippen LogP contribution is -2.44. The Balaban J connectivity index is 2.20. The summed E-state index contributed by atoms with van der Waals surface area (Å²) in [6, 6.07) is -1.01. The predicted octanol–water partition coefficient (Wildman–Crippen LogP) is 0.578. The van der Waals surface area contributed by atoms with Crippen molar-refractivity contribution in [2.45, 2.75) is 38.0 Å². The number of hydrogen-bond acceptors (Lipinski definition) is 5. The Morgan fingerprint density at radius 1 is 1.52 bits per heavy atom. The summed E-state index contributed by atoms with van der Waals surface area (Å²) in [6.07, 6.45) is 1.52. The highest BCUT2D eigenvalue weighted by molar-refractivity contribution is 7.99. The maximum Gasteiger partial charge on any atom is 0.326 e. The molecule has 8 heteroatoms. The number of carboxylic acids is 1. The number of carbonyl (C=O) groups is 2. The molecule has 0 saturated heterocycles. The molecule has 0 radical (unpaired) electrons. The zero-order valence-corrected chi connectivity index (χ0v) is 12.6. The van der Waals surface area contributed by atoms with E-state index in [1.54, 1.807) is 0 Å². The monoisotopic (exact) mass is 311 g/mol. The maximum atomic E-state index is 12.2. The van der Waals surface area contributed by atoms with Crippen LogP contribution in [0.3, 0.4) is 0 Å². The van der Waals surface area contributed by atoms with Gasteiger partial charge < -0.3 is 10.4 Å². The van der Waals surface area contributed by atoms with E-state index in [2.05, 4.69) is 10.3 Å². The molecule has 0 bridgehead atoms. The van der Waals surface area contributed by atoms with Crippen molar-refractivity contribution in [3.63, 3.8) is 0 Å². The molecule has 2 heterocycles. The van der Waals surface area contributed by atoms with E-state index in [1.165, 1.54) is 22.5 Å². The zero-order chi connectivity index (χ0) is 15.6. The van der Waals surface area contributed by atoms with Gasteiger partial charge in [-0.1, -0.05) is 25.6 Å². The third-order valence-electron chi connectivity index (χ3n) is 3.11. The standard InChI is InChI=1S/C13H17N3O4S/c1-7(2)5-9(12(19)20)15-10(17)8-6-14-13-16(11(8)18)3-4-21-13/h6-7,9H,3-5H2,1-2H3,(H,15,17)(H,19,20). The lowest BCUT2D eigenvalue weighted by atomic mass is 10.0. The average Bonchev–Trinajstić information content (AvgIpc) is 2.86. The number of amides is 1. The topological polar surface area (TPSA) is 101 Å². The van der Waals surface area contributed by atoms with Crippen LogP contribution >= 0.6 is 11.8 Å². The Bertz CT molecular complexity index is 626. The first-order valence-electron chi connectivity index (χ1n) is 6.66. The summed E-state index contributed by atoms with van der Waals surface area (Å²) in [7, 11) is 0. The Hall–Kier alpha value is -1.83. The van der Waals surface area contributed by atoms with Gasteiger partial charge in [0.15, 0.2) is 5.16 Å². The number of nitrogens with one attached hydrogen (secondary N) is 1. The fourth-order valence-electron chi connectivity index (χ4n) is 2.10. The van der Waals surface area contributed by atoms with Crippen LogP contribution in [0.4, 0.5) is 0 Å². The molecule has 1 atom stereocenters. The van der Waals surface area contributed by atoms with Gasteiger partial charge in [0.1, 0.15) is 11.6 Å². The Morgan fingerprint density at radius 3 is 2.86 bits per heavy atom. The summed E-state index contributed by atoms with van der Waals surface area (Å²) in [4.78, 5) is 39.5. The first-order valence-corrected chi connectivity index (χ1v) is 7.65. The lowest BCUT2D eigenvalue weighted by molar-refractivity contribution is -0.139. The van der Waals surface area contributed by atoms with Crippen molar-refractivity contribution in [2.75, 3.05) is 5.75 Å². The number of rotatable bonds is 5. The number of aromatic nitrogens is 2. The lowest BCUT2D eigenvalue weighted by Gasteiger charge is -2.16. The van der Waals surface area contributed by atoms with Crippen LogP contribution in [0.25, 0.3) is 0 Å². The van der Waals surface area contributed by atoms with E-state index in [1.807, 2.05) is 13.8 Å². The number of hydrogen-bond donors (Lipinski definition) is 2. The van der Waals surface area contributed by atoms with Crippen LogP contribution in [-0.2, 0) is 11.3 Å². The molecule has 1 aliphatic heterocycles. The Kier molecular flexibility index (Phi) is 4.66. The fraction of sp³-hybridized carbons (Fsp3) is 0.538. The molecule has 0 fully saturated rings. The summed E-state index contributed by atoms with van der Waals surface area (Å²) < 4.78 is 1.44. The number of aliphatic carboxylic acids is 1. The summed E-state index contributed by atoms with van der Waals surface area (Å²) in [5.74, 6) is -0.935. The molecule has 0 spiro atoms. The molecule has 114 valence electrons. The first kappa shape index (κ1) is 15.6. The molecular weight excluding hydrogens is 294 g/mol. The molecule has 21 heavy (non-hydrogen) atoms. The molecule has 0 saturated carbocycles. The second kappa shape index (κ2) is 6.30. The molecule has 0 aliphatic carbocycles. The van der Waals surface area contributed by atoms with Gasteiger partial charge in [-0.2, -0.15) is 0 Å². The number of fused-ring (bicyclic) bond motifs is 1. The van der Waals surface area contributed by atoms with Gasteiger partial charge in [0.25, 0.3) is 11.5 Å². The van der Waals surface area contributed by atoms with Crippen molar-refractivity contribution in [2.24, 2.45) is 5.92 Å². The van der Waals surface area contributed by atoms with E-state index in [0.29, 0.717) is 18.1 Å². The van der Waals surface area contributed by atoms with E-state index in [4.69, 9.17) is 5.11 Å². The highest BCUT2D eigenvalue weighted by Crippen LogP contribution is 2.20. The van der Waals surface area contributed by atoms with E-state index in [0.717, 1.165) is 5.75 Å². The van der Waals surface area contributed by atoms with Gasteiger partial charge in [0, 0.05) is 18.5 Å². The molecule has 7 nitrogen and oxygen atoms in total. The number of carbonyl (C=O) groups excluding carboxylic acids is 1. The van der Waals surface area contributed by atoms with Gasteiger partial charge in [-0.25, -0.2) is 9.78 Å². The molecule has 1 aromatic rings. The van der Waals surface area contributed by atoms with E-state index >= 15 is 0 Å². The molecule has 1 aromatic heterocycles. The van der Waals surface area contributed by atoms with Gasteiger partial charge >= 0.3 is 5.97 Å². The molecule has 1 unspecified atom stereocenters. The van der Waals surface area contributed by atoms with Gasteiger partial charge in [0.2, 0.25) is 0 Å². The largest absolute Gasteiger partial charge is 0.480 e. The minimum Gasteiger partial charge on any atom is -0.480 e. The van der Waals surface area contributed by atoms with Crippen LogP contribution in [0.5, 0.6) is 0 Å². The fourth-order valence-corrected chi connectivity index (χ4v) is 3.02. The van der Waals surface area contributed by atoms with Gasteiger partial charge in [0.05, 0.1) is 0 Å². The van der Waals surface area contributed by atoms with Crippen molar-refractivity contribution in [3.8, 4) is 0 Å². The van der Waals surface area contributed by atoms with Crippen LogP contribution in [0.2, 0.25) is 0 Å². The molecule has 2 rings (SSSR count). The van der Waals surface area contributed by atoms with Crippen molar-refractivity contribution >= 4 is 23.6 Å². The quantitative estimate of drug-likeness (QED) is 0.771. The van der Waals surface area contributed by atoms with Crippen LogP contribution in [0, 0.1) is 5.92 Å². The van der Waals surface area contributed by atoms with E-state index in [-0.39, 0.29) is 11.5 Å². The number of carboxylic acid groups (broad SMARTS) is 1. The maximum absolute atomic E-state index is 12.2. The van der Waals surface area contributed by atoms with Crippen LogP contribution < -0.4 is 10.9 Å². The number of thioether (sulfide) groups is 1. The van der Waals surface area contributed by atoms with Crippen molar-refractivity contribution in [1.29, 1.82) is 0 Å². The molecule has 1 amide bonds. The Morgan fingerprint density at radius 2 is 2.24 bits per heavy atom. The van der Waals surface area contributed by atoms with Gasteiger partial charge in [-0.3, -0.25) is 14.2 Å². The van der Waals surface area contributed by atoms with Gasteiger partial charge in [-0.05, 0) is 12.3 Å². The predicted molar refractivity (Wildman–Crippen MR) is 77.6 cm³/mol. The SMILES string of the molecule is CC(C)CC(NC(=O)c1cnc2n(c1=O)CCS2)C(=O)O. The minimum absolute atomic E-state index is 0.113. The van der Waals surface area contributed by atoms with Crippen molar-refractivity contribution in [1.82, 2.24) is 14.9 Å². The van der Waals surface area contributed by atoms with Crippen LogP contribution in [0.1, 0.15) is 30.6 Å². The third-order valence-corrected chi connectivity index (χ3v) is 4.08. The molecule has 1 aliphatic rings. The van der Waals surface area contributed by atoms with Crippen LogP contribution in [0.15, 0.2) is 16.1 Å². The van der Waals surface area contributed by atoms with Crippen molar-refractivity contribution in [3.05, 3.63) is 22.1 Å². The first-order chi connectivity index (χ1) is 9.90. The summed E-state index contributed by atoms with van der Waals surface area (Å²) in [5, 5.41) is 12.1. The molecular formula is C13H17N3O4S. The normalized spacial score (nSPS) is 14.8. The highest BCUT2D eigenvalue weighted by atomic mass is 32.2. The Labute approximate surface area is 125 Å². The van der Waals surface area contributed by atoms with E-state index < -0.39 is 23.5 Å². The second-order valence-electron chi connectivity index (χ2n) is 5.25. The summed E-state index contributed by atoms with van der Waals surface area (Å²) in [5.41, 5.74) is -0.535. The highest BCUT2D eigenvalue weighted by Gasteiger charge is 2.25. The second-order valence-corrected chi connectivity index (χ2v) is 6.32. The molecule has 0 aromatic carbocycles. The minimum atomic E-state index is -1.11. The van der Waals surface area contributed by atoms with Crippen LogP contribution in [-0.4, -0.2) is 38.3 Å². The number of nitrogens with zero attached hydrogens (tertiary/aromatic N) is 2. The summed E-state index contributed by atoms with van der Waals surface area (Å²) >= 11 is 1.46. The van der Waals surface area contributed by atoms with Crippen molar-refractivity contribution < 1.29 is 14.7 Å². The zero-order valence-electron chi connectivity index (χ0n) is 11.8. The van der Waals surface area contributed by atoms with Gasteiger partial charge in [-0.15, -0.1) is 0 Å². The third kappa shape index (κ3) is 3.44. The average molecular weight is 311 g/mol. The van der Waals surface area contributed by atoms with E-state index in [9.17, 15) is 14.4 Å².